The number of rotatable bonds is 3. The highest BCUT2D eigenvalue weighted by atomic mass is 16.3. The molecule has 11 atom stereocenters. The lowest BCUT2D eigenvalue weighted by atomic mass is 9.33. The van der Waals surface area contributed by atoms with Crippen molar-refractivity contribution in [2.75, 3.05) is 11.9 Å². The van der Waals surface area contributed by atoms with Gasteiger partial charge in [-0.25, -0.2) is 0 Å². The molecule has 1 aromatic rings. The van der Waals surface area contributed by atoms with Gasteiger partial charge in [0.05, 0.1) is 23.7 Å². The normalized spacial score (nSPS) is 50.9. The third-order valence-electron chi connectivity index (χ3n) is 14.7. The Morgan fingerprint density at radius 1 is 0.927 bits per heavy atom. The van der Waals surface area contributed by atoms with Crippen LogP contribution in [0.1, 0.15) is 99.3 Å². The van der Waals surface area contributed by atoms with E-state index in [1.165, 1.54) is 5.57 Å². The Labute approximate surface area is 247 Å². The molecular weight excluding hydrogens is 510 g/mol. The number of aliphatic hydroxyl groups excluding tert-OH is 2. The van der Waals surface area contributed by atoms with Crippen LogP contribution in [0.2, 0.25) is 0 Å². The summed E-state index contributed by atoms with van der Waals surface area (Å²) in [5.74, 6) is 0.652. The fourth-order valence-corrected chi connectivity index (χ4v) is 11.7. The van der Waals surface area contributed by atoms with Crippen LogP contribution in [0.3, 0.4) is 0 Å². The van der Waals surface area contributed by atoms with Crippen LogP contribution in [0.5, 0.6) is 0 Å². The zero-order valence-electron chi connectivity index (χ0n) is 26.2. The molecule has 41 heavy (non-hydrogen) atoms. The summed E-state index contributed by atoms with van der Waals surface area (Å²) in [5.41, 5.74) is -0.0301. The van der Waals surface area contributed by atoms with Crippen LogP contribution in [0.15, 0.2) is 42.0 Å². The Balaban J connectivity index is 1.44. The Morgan fingerprint density at radius 2 is 1.63 bits per heavy atom. The van der Waals surface area contributed by atoms with Crippen molar-refractivity contribution in [2.45, 2.75) is 111 Å². The van der Waals surface area contributed by atoms with E-state index in [4.69, 9.17) is 0 Å². The predicted octanol–water partition coefficient (Wildman–Crippen LogP) is 6.73. The van der Waals surface area contributed by atoms with Gasteiger partial charge in [-0.2, -0.15) is 0 Å². The molecule has 4 fully saturated rings. The lowest BCUT2D eigenvalue weighted by molar-refractivity contribution is -0.222. The summed E-state index contributed by atoms with van der Waals surface area (Å²) in [6.45, 7) is 13.7. The van der Waals surface area contributed by atoms with Gasteiger partial charge < -0.3 is 20.6 Å². The van der Waals surface area contributed by atoms with Crippen molar-refractivity contribution < 1.29 is 20.1 Å². The lowest BCUT2D eigenvalue weighted by Gasteiger charge is -2.72. The minimum Gasteiger partial charge on any atom is -0.396 e. The van der Waals surface area contributed by atoms with E-state index >= 15 is 0 Å². The first-order valence-electron chi connectivity index (χ1n) is 16.3. The van der Waals surface area contributed by atoms with Crippen LogP contribution >= 0.6 is 0 Å². The number of aliphatic hydroxyl groups is 3. The van der Waals surface area contributed by atoms with Crippen LogP contribution in [0.25, 0.3) is 0 Å². The quantitative estimate of drug-likeness (QED) is 0.307. The number of anilines is 1. The number of para-hydroxylation sites is 1. The first-order chi connectivity index (χ1) is 19.2. The summed E-state index contributed by atoms with van der Waals surface area (Å²) in [6.07, 6.45) is 10.1. The van der Waals surface area contributed by atoms with E-state index < -0.39 is 22.5 Å². The number of carbonyl (C=O) groups excluding carboxylic acids is 1. The zero-order valence-corrected chi connectivity index (χ0v) is 26.2. The van der Waals surface area contributed by atoms with Crippen LogP contribution in [-0.2, 0) is 4.79 Å². The van der Waals surface area contributed by atoms with Gasteiger partial charge in [-0.3, -0.25) is 4.79 Å². The molecule has 1 aromatic carbocycles. The molecule has 0 unspecified atom stereocenters. The SMILES string of the molecule is C[C@@H]1CC[C@]2(C(=O)Nc3ccccc3)CC[C@]3(C)C(=CC[C@@H]4[C@@]5(C)CC[C@H](O)[C@@](C)(CO)[C@@H]5CC[C@]43C)[C@@H]2[C@]1(C)O. The van der Waals surface area contributed by atoms with Crippen molar-refractivity contribution in [3.8, 4) is 0 Å². The zero-order chi connectivity index (χ0) is 29.6. The Bertz CT molecular complexity index is 1230. The largest absolute Gasteiger partial charge is 0.396 e. The molecule has 0 radical (unpaired) electrons. The molecule has 0 aliphatic heterocycles. The van der Waals surface area contributed by atoms with Gasteiger partial charge in [0.1, 0.15) is 0 Å². The van der Waals surface area contributed by atoms with Crippen molar-refractivity contribution in [1.82, 2.24) is 0 Å². The highest BCUT2D eigenvalue weighted by molar-refractivity contribution is 5.96. The first-order valence-corrected chi connectivity index (χ1v) is 16.3. The third kappa shape index (κ3) is 3.73. The molecule has 6 rings (SSSR count). The molecule has 5 aliphatic rings. The molecule has 226 valence electrons. The molecule has 5 heteroatoms. The second-order valence-corrected chi connectivity index (χ2v) is 16.1. The van der Waals surface area contributed by atoms with Crippen molar-refractivity contribution in [2.24, 2.45) is 50.7 Å². The molecule has 4 N–H and O–H groups in total. The average molecular weight is 564 g/mol. The first kappa shape index (κ1) is 29.4. The predicted molar refractivity (Wildman–Crippen MR) is 163 cm³/mol. The van der Waals surface area contributed by atoms with Gasteiger partial charge in [-0.15, -0.1) is 0 Å². The highest BCUT2D eigenvalue weighted by Crippen LogP contribution is 2.76. The van der Waals surface area contributed by atoms with Gasteiger partial charge in [0.25, 0.3) is 0 Å². The number of fused-ring (bicyclic) bond motifs is 7. The number of amides is 1. The number of allylic oxidation sites excluding steroid dienone is 1. The molecule has 0 aromatic heterocycles. The van der Waals surface area contributed by atoms with E-state index in [0.29, 0.717) is 5.92 Å². The second kappa shape index (κ2) is 9.40. The van der Waals surface area contributed by atoms with E-state index in [1.807, 2.05) is 37.3 Å². The van der Waals surface area contributed by atoms with Gasteiger partial charge in [0, 0.05) is 17.0 Å². The molecule has 0 saturated heterocycles. The van der Waals surface area contributed by atoms with E-state index in [-0.39, 0.29) is 46.5 Å². The van der Waals surface area contributed by atoms with E-state index in [0.717, 1.165) is 63.5 Å². The molecule has 1 amide bonds. The average Bonchev–Trinajstić information content (AvgIpc) is 2.94. The maximum absolute atomic E-state index is 14.3. The van der Waals surface area contributed by atoms with Crippen LogP contribution < -0.4 is 5.32 Å². The van der Waals surface area contributed by atoms with Gasteiger partial charge in [-0.05, 0) is 111 Å². The minimum atomic E-state index is -0.978. The number of benzene rings is 1. The van der Waals surface area contributed by atoms with Crippen LogP contribution in [0.4, 0.5) is 5.69 Å². The van der Waals surface area contributed by atoms with Crippen LogP contribution in [-0.4, -0.2) is 39.5 Å². The topological polar surface area (TPSA) is 89.8 Å². The van der Waals surface area contributed by atoms with Gasteiger partial charge in [0.2, 0.25) is 5.91 Å². The molecular formula is C36H53NO4. The van der Waals surface area contributed by atoms with Crippen molar-refractivity contribution >= 4 is 11.6 Å². The van der Waals surface area contributed by atoms with Gasteiger partial charge >= 0.3 is 0 Å². The minimum absolute atomic E-state index is 0.0137. The molecule has 0 spiro atoms. The summed E-state index contributed by atoms with van der Waals surface area (Å²) in [4.78, 5) is 14.3. The summed E-state index contributed by atoms with van der Waals surface area (Å²) < 4.78 is 0. The second-order valence-electron chi connectivity index (χ2n) is 16.1. The van der Waals surface area contributed by atoms with E-state index in [9.17, 15) is 20.1 Å². The fourth-order valence-electron chi connectivity index (χ4n) is 11.7. The molecule has 0 bridgehead atoms. The number of nitrogens with one attached hydrogen (secondary N) is 1. The Kier molecular flexibility index (Phi) is 6.74. The van der Waals surface area contributed by atoms with E-state index in [1.54, 1.807) is 0 Å². The molecule has 0 heterocycles. The number of carbonyl (C=O) groups is 1. The van der Waals surface area contributed by atoms with Crippen molar-refractivity contribution in [1.29, 1.82) is 0 Å². The van der Waals surface area contributed by atoms with Crippen molar-refractivity contribution in [3.63, 3.8) is 0 Å². The maximum atomic E-state index is 14.3. The van der Waals surface area contributed by atoms with Gasteiger partial charge in [-0.1, -0.05) is 64.5 Å². The van der Waals surface area contributed by atoms with Gasteiger partial charge in [0.15, 0.2) is 0 Å². The number of hydrogen-bond acceptors (Lipinski definition) is 4. The molecule has 4 saturated carbocycles. The maximum Gasteiger partial charge on any atom is 0.231 e. The Morgan fingerprint density at radius 3 is 2.32 bits per heavy atom. The standard InChI is InChI=1S/C36H53NO4/c1-23-14-19-36(30(40)37-24-10-8-7-9-11-24)21-20-33(4)25(29(36)35(23,6)41)12-13-27-31(2)17-16-28(39)32(3,22-38)26(31)15-18-34(27,33)5/h7-12,23,26-29,38-39,41H,13-22H2,1-6H3,(H,37,40)/t23-,26-,27-,28+,29-,31+,32+,33-,34-,35-,36+/m1/s1. The smallest absolute Gasteiger partial charge is 0.231 e. The number of hydrogen-bond donors (Lipinski definition) is 4. The van der Waals surface area contributed by atoms with Crippen molar-refractivity contribution in [3.05, 3.63) is 42.0 Å². The summed E-state index contributed by atoms with van der Waals surface area (Å²) in [7, 11) is 0. The molecule has 5 aliphatic carbocycles. The summed E-state index contributed by atoms with van der Waals surface area (Å²) in [6, 6.07) is 9.77. The summed E-state index contributed by atoms with van der Waals surface area (Å²) in [5, 5.41) is 37.2. The highest BCUT2D eigenvalue weighted by Gasteiger charge is 2.71. The monoisotopic (exact) mass is 563 g/mol. The third-order valence-corrected chi connectivity index (χ3v) is 14.7. The van der Waals surface area contributed by atoms with Crippen LogP contribution in [0, 0.1) is 50.7 Å². The van der Waals surface area contributed by atoms with E-state index in [2.05, 4.69) is 46.0 Å². The Hall–Kier alpha value is -1.69. The lowest BCUT2D eigenvalue weighted by Crippen LogP contribution is -2.68. The fraction of sp³-hybridized carbons (Fsp3) is 0.750. The molecule has 5 nitrogen and oxygen atoms in total. The summed E-state index contributed by atoms with van der Waals surface area (Å²) >= 11 is 0.